The van der Waals surface area contributed by atoms with Crippen LogP contribution in [0.15, 0.2) is 59.1 Å². The molecule has 1 unspecified atom stereocenters. The van der Waals surface area contributed by atoms with E-state index < -0.39 is 18.3 Å². The summed E-state index contributed by atoms with van der Waals surface area (Å²) in [5, 5.41) is 7.09. The number of hydrogen-bond donors (Lipinski definition) is 1. The average Bonchev–Trinajstić information content (AvgIpc) is 3.41. The molecule has 0 aliphatic carbocycles. The van der Waals surface area contributed by atoms with E-state index in [4.69, 9.17) is 11.6 Å². The van der Waals surface area contributed by atoms with Crippen molar-refractivity contribution < 1.29 is 22.8 Å². The molecule has 0 saturated carbocycles. The normalized spacial score (nSPS) is 16.8. The first kappa shape index (κ1) is 24.0. The first-order chi connectivity index (χ1) is 15.3. The number of hydrogen-bond acceptors (Lipinski definition) is 7. The van der Waals surface area contributed by atoms with Gasteiger partial charge in [0.15, 0.2) is 0 Å². The van der Waals surface area contributed by atoms with E-state index in [1.54, 1.807) is 47.2 Å². The van der Waals surface area contributed by atoms with Gasteiger partial charge < -0.3 is 9.74 Å². The van der Waals surface area contributed by atoms with E-state index in [1.165, 1.54) is 16.2 Å². The largest absolute Gasteiger partial charge is 0.425 e. The molecule has 2 aromatic rings. The maximum Gasteiger partial charge on any atom is 0.425 e. The van der Waals surface area contributed by atoms with Crippen LogP contribution in [0.4, 0.5) is 18.9 Å². The monoisotopic (exact) mass is 487 g/mol. The molecule has 1 N–H and O–H groups in total. The molecule has 1 amide bonds. The van der Waals surface area contributed by atoms with Crippen molar-refractivity contribution in [2.24, 2.45) is 5.16 Å². The van der Waals surface area contributed by atoms with E-state index in [1.807, 2.05) is 13.0 Å². The highest BCUT2D eigenvalue weighted by molar-refractivity contribution is 7.12. The van der Waals surface area contributed by atoms with Gasteiger partial charge in [-0.1, -0.05) is 22.8 Å². The van der Waals surface area contributed by atoms with Crippen molar-refractivity contribution in [2.45, 2.75) is 31.4 Å². The molecule has 1 atom stereocenters. The van der Waals surface area contributed by atoms with Crippen LogP contribution in [-0.2, 0) is 9.63 Å². The third kappa shape index (κ3) is 6.44. The number of thiophene rings is 1. The lowest BCUT2D eigenvalue weighted by molar-refractivity contribution is -0.173. The summed E-state index contributed by atoms with van der Waals surface area (Å²) in [5.41, 5.74) is 4.00. The molecule has 1 aliphatic rings. The van der Waals surface area contributed by atoms with Gasteiger partial charge in [-0.25, -0.2) is 5.43 Å². The summed E-state index contributed by atoms with van der Waals surface area (Å²) in [6.45, 7) is 0.690. The highest BCUT2D eigenvalue weighted by Crippen LogP contribution is 2.25. The number of halogens is 4. The Kier molecular flexibility index (Phi) is 8.10. The lowest BCUT2D eigenvalue weighted by Crippen LogP contribution is -2.37. The topological polar surface area (TPSA) is 70.1 Å². The smallest absolute Gasteiger partial charge is 0.386 e. The summed E-state index contributed by atoms with van der Waals surface area (Å²) in [6.07, 6.45) is 0.670. The van der Waals surface area contributed by atoms with E-state index in [9.17, 15) is 18.0 Å². The van der Waals surface area contributed by atoms with E-state index in [2.05, 4.69) is 20.4 Å². The van der Waals surface area contributed by atoms with Gasteiger partial charge in [0.2, 0.25) is 12.5 Å². The lowest BCUT2D eigenvalue weighted by atomic mass is 10.1. The van der Waals surface area contributed by atoms with Gasteiger partial charge in [0.1, 0.15) is 5.50 Å². The quantitative estimate of drug-likeness (QED) is 0.244. The van der Waals surface area contributed by atoms with Gasteiger partial charge in [0.05, 0.1) is 28.2 Å². The van der Waals surface area contributed by atoms with Crippen LogP contribution in [0.2, 0.25) is 0 Å². The standard InChI is InChI=1S/C20H21ClF3N5O2S/c1-2-28(16-12-29(26-19(16)21)14-5-3-9-25-11-14)18(30)8-7-15(17-6-4-10-32-17)27-31-13-20(22,23)24/h3-6,9-12,19,26H,2,7-8,13H2,1H3. The van der Waals surface area contributed by atoms with Crippen molar-refractivity contribution in [2.75, 3.05) is 18.2 Å². The Morgan fingerprint density at radius 2 is 2.19 bits per heavy atom. The number of alkyl halides is 4. The predicted octanol–water partition coefficient (Wildman–Crippen LogP) is 4.49. The van der Waals surface area contributed by atoms with Gasteiger partial charge in [-0.05, 0) is 30.5 Å². The van der Waals surface area contributed by atoms with Crippen LogP contribution < -0.4 is 10.4 Å². The number of aromatic nitrogens is 1. The molecule has 0 spiro atoms. The van der Waals surface area contributed by atoms with Gasteiger partial charge in [-0.3, -0.25) is 14.8 Å². The minimum Gasteiger partial charge on any atom is -0.386 e. The van der Waals surface area contributed by atoms with Crippen molar-refractivity contribution >= 4 is 40.2 Å². The Balaban J connectivity index is 1.68. The molecular weight excluding hydrogens is 467 g/mol. The zero-order chi connectivity index (χ0) is 23.1. The van der Waals surface area contributed by atoms with Crippen LogP contribution in [0, 0.1) is 0 Å². The number of carbonyl (C=O) groups excluding carboxylic acids is 1. The third-order valence-corrected chi connectivity index (χ3v) is 5.65. The Morgan fingerprint density at radius 3 is 2.81 bits per heavy atom. The van der Waals surface area contributed by atoms with Crippen molar-refractivity contribution in [1.29, 1.82) is 0 Å². The SMILES string of the molecule is CCN(C(=O)CCC(=NOCC(F)(F)F)c1cccs1)C1=CN(c2cccnc2)NC1Cl. The zero-order valence-electron chi connectivity index (χ0n) is 17.1. The lowest BCUT2D eigenvalue weighted by Gasteiger charge is -2.23. The molecule has 172 valence electrons. The number of oxime groups is 1. The summed E-state index contributed by atoms with van der Waals surface area (Å²) in [6, 6.07) is 7.08. The van der Waals surface area contributed by atoms with Crippen LogP contribution in [0.3, 0.4) is 0 Å². The van der Waals surface area contributed by atoms with Crippen molar-refractivity contribution in [1.82, 2.24) is 15.3 Å². The van der Waals surface area contributed by atoms with Crippen molar-refractivity contribution in [3.63, 3.8) is 0 Å². The maximum absolute atomic E-state index is 13.0. The summed E-state index contributed by atoms with van der Waals surface area (Å²) < 4.78 is 37.2. The molecule has 0 aromatic carbocycles. The Hall–Kier alpha value is -2.63. The number of likely N-dealkylation sites (N-methyl/N-ethyl adjacent to an activating group) is 1. The van der Waals surface area contributed by atoms with Crippen LogP contribution in [-0.4, -0.2) is 46.3 Å². The van der Waals surface area contributed by atoms with E-state index >= 15 is 0 Å². The summed E-state index contributed by atoms with van der Waals surface area (Å²) in [7, 11) is 0. The number of rotatable bonds is 9. The third-order valence-electron chi connectivity index (χ3n) is 4.41. The molecule has 3 heterocycles. The summed E-state index contributed by atoms with van der Waals surface area (Å²) >= 11 is 7.72. The number of anilines is 1. The Labute approximate surface area is 192 Å². The Bertz CT molecular complexity index is 954. The minimum atomic E-state index is -4.49. The first-order valence-electron chi connectivity index (χ1n) is 9.69. The number of amides is 1. The molecule has 2 aromatic heterocycles. The van der Waals surface area contributed by atoms with Crippen molar-refractivity contribution in [3.05, 3.63) is 58.8 Å². The van der Waals surface area contributed by atoms with Gasteiger partial charge in [0, 0.05) is 31.8 Å². The molecule has 1 aliphatic heterocycles. The second-order valence-corrected chi connectivity index (χ2v) is 8.05. The molecule has 0 radical (unpaired) electrons. The molecule has 3 rings (SSSR count). The first-order valence-corrected chi connectivity index (χ1v) is 11.0. The van der Waals surface area contributed by atoms with Crippen LogP contribution in [0.5, 0.6) is 0 Å². The maximum atomic E-state index is 13.0. The summed E-state index contributed by atoms with van der Waals surface area (Å²) in [5.74, 6) is -0.237. The van der Waals surface area contributed by atoms with E-state index in [0.29, 0.717) is 17.1 Å². The zero-order valence-corrected chi connectivity index (χ0v) is 18.6. The predicted molar refractivity (Wildman–Crippen MR) is 117 cm³/mol. The summed E-state index contributed by atoms with van der Waals surface area (Å²) in [4.78, 5) is 23.7. The fourth-order valence-corrected chi connectivity index (χ4v) is 3.99. The molecule has 0 bridgehead atoms. The number of pyridine rings is 1. The molecule has 12 heteroatoms. The van der Waals surface area contributed by atoms with Crippen LogP contribution in [0.25, 0.3) is 0 Å². The fraction of sp³-hybridized carbons (Fsp3) is 0.350. The molecular formula is C20H21ClF3N5O2S. The van der Waals surface area contributed by atoms with Gasteiger partial charge in [-0.15, -0.1) is 11.3 Å². The molecule has 0 fully saturated rings. The fourth-order valence-electron chi connectivity index (χ4n) is 2.98. The number of nitrogens with one attached hydrogen (secondary N) is 1. The molecule has 7 nitrogen and oxygen atoms in total. The second kappa shape index (κ2) is 10.8. The highest BCUT2D eigenvalue weighted by atomic mass is 35.5. The highest BCUT2D eigenvalue weighted by Gasteiger charge is 2.30. The number of nitrogens with zero attached hydrogens (tertiary/aromatic N) is 4. The van der Waals surface area contributed by atoms with E-state index in [0.717, 1.165) is 5.69 Å². The van der Waals surface area contributed by atoms with Crippen LogP contribution >= 0.6 is 22.9 Å². The second-order valence-electron chi connectivity index (χ2n) is 6.67. The average molecular weight is 488 g/mol. The molecule has 32 heavy (non-hydrogen) atoms. The van der Waals surface area contributed by atoms with Crippen LogP contribution in [0.1, 0.15) is 24.6 Å². The van der Waals surface area contributed by atoms with Gasteiger partial charge in [0.25, 0.3) is 0 Å². The van der Waals surface area contributed by atoms with Crippen molar-refractivity contribution in [3.8, 4) is 0 Å². The molecule has 0 saturated heterocycles. The van der Waals surface area contributed by atoms with E-state index in [-0.39, 0.29) is 24.5 Å². The minimum absolute atomic E-state index is 0.0216. The number of carbonyl (C=O) groups is 1. The van der Waals surface area contributed by atoms with Gasteiger partial charge >= 0.3 is 6.18 Å². The van der Waals surface area contributed by atoms with Gasteiger partial charge in [-0.2, -0.15) is 13.2 Å². The Morgan fingerprint density at radius 1 is 1.38 bits per heavy atom. The number of hydrazine groups is 1.